The summed E-state index contributed by atoms with van der Waals surface area (Å²) in [4.78, 5) is 16.7. The second-order valence-corrected chi connectivity index (χ2v) is 5.95. The summed E-state index contributed by atoms with van der Waals surface area (Å²) >= 11 is 0. The Balaban J connectivity index is 1.66. The molecule has 114 valence electrons. The first kappa shape index (κ1) is 14.3. The maximum Gasteiger partial charge on any atom is 0.257 e. The van der Waals surface area contributed by atoms with Crippen molar-refractivity contribution in [3.8, 4) is 5.75 Å². The Kier molecular flexibility index (Phi) is 4.10. The minimum absolute atomic E-state index is 0.190. The number of benzene rings is 1. The molecule has 2 fully saturated rings. The first-order chi connectivity index (χ1) is 10.1. The van der Waals surface area contributed by atoms with E-state index in [9.17, 15) is 14.3 Å². The van der Waals surface area contributed by atoms with E-state index in [1.54, 1.807) is 4.90 Å². The highest BCUT2D eigenvalue weighted by molar-refractivity contribution is 5.97. The lowest BCUT2D eigenvalue weighted by molar-refractivity contribution is 0.0768. The standard InChI is InChI=1S/C16H21FN2O2/c17-12-4-5-14(15(20)10-12)16(21)19-9-6-13(11-19)18-7-2-1-3-8-18/h4-5,10,13,20H,1-3,6-9,11H2/t13-/m1/s1. The molecule has 4 nitrogen and oxygen atoms in total. The number of phenolic OH excluding ortho intramolecular Hbond substituents is 1. The third kappa shape index (κ3) is 3.02. The molecule has 2 aliphatic rings. The van der Waals surface area contributed by atoms with E-state index in [4.69, 9.17) is 0 Å². The molecule has 1 aromatic carbocycles. The molecular weight excluding hydrogens is 271 g/mol. The van der Waals surface area contributed by atoms with Crippen LogP contribution in [0, 0.1) is 5.82 Å². The highest BCUT2D eigenvalue weighted by Crippen LogP contribution is 2.25. The summed E-state index contributed by atoms with van der Waals surface area (Å²) in [5.74, 6) is -1.01. The molecule has 0 saturated carbocycles. The number of hydrogen-bond donors (Lipinski definition) is 1. The van der Waals surface area contributed by atoms with Crippen molar-refractivity contribution in [2.75, 3.05) is 26.2 Å². The molecule has 1 amide bonds. The van der Waals surface area contributed by atoms with Crippen molar-refractivity contribution >= 4 is 5.91 Å². The fourth-order valence-electron chi connectivity index (χ4n) is 3.36. The van der Waals surface area contributed by atoms with Crippen LogP contribution in [0.5, 0.6) is 5.75 Å². The van der Waals surface area contributed by atoms with Crippen LogP contribution in [0.2, 0.25) is 0 Å². The Hall–Kier alpha value is -1.62. The van der Waals surface area contributed by atoms with E-state index < -0.39 is 5.82 Å². The minimum Gasteiger partial charge on any atom is -0.507 e. The summed E-state index contributed by atoms with van der Waals surface area (Å²) < 4.78 is 13.0. The third-order valence-corrected chi connectivity index (χ3v) is 4.55. The van der Waals surface area contributed by atoms with Crippen molar-refractivity contribution < 1.29 is 14.3 Å². The molecule has 0 spiro atoms. The molecule has 3 rings (SSSR count). The quantitative estimate of drug-likeness (QED) is 0.909. The van der Waals surface area contributed by atoms with Crippen LogP contribution < -0.4 is 0 Å². The maximum absolute atomic E-state index is 13.0. The molecule has 0 bridgehead atoms. The zero-order valence-corrected chi connectivity index (χ0v) is 12.1. The lowest BCUT2D eigenvalue weighted by atomic mass is 10.1. The smallest absolute Gasteiger partial charge is 0.257 e. The summed E-state index contributed by atoms with van der Waals surface area (Å²) in [6.07, 6.45) is 4.76. The van der Waals surface area contributed by atoms with E-state index in [0.29, 0.717) is 19.1 Å². The predicted octanol–water partition coefficient (Wildman–Crippen LogP) is 2.23. The summed E-state index contributed by atoms with van der Waals surface area (Å²) in [6, 6.07) is 3.99. The van der Waals surface area contributed by atoms with Gasteiger partial charge in [-0.2, -0.15) is 0 Å². The van der Waals surface area contributed by atoms with Gasteiger partial charge in [-0.05, 0) is 44.5 Å². The zero-order chi connectivity index (χ0) is 14.8. The van der Waals surface area contributed by atoms with Gasteiger partial charge in [-0.15, -0.1) is 0 Å². The molecule has 2 saturated heterocycles. The second-order valence-electron chi connectivity index (χ2n) is 5.95. The Morgan fingerprint density at radius 3 is 2.67 bits per heavy atom. The number of piperidine rings is 1. The number of likely N-dealkylation sites (tertiary alicyclic amines) is 2. The molecule has 1 aromatic rings. The van der Waals surface area contributed by atoms with Gasteiger partial charge in [0.05, 0.1) is 5.56 Å². The van der Waals surface area contributed by atoms with Crippen LogP contribution in [-0.2, 0) is 0 Å². The van der Waals surface area contributed by atoms with Gasteiger partial charge in [0.1, 0.15) is 11.6 Å². The van der Waals surface area contributed by atoms with Gasteiger partial charge < -0.3 is 10.0 Å². The average molecular weight is 292 g/mol. The Morgan fingerprint density at radius 2 is 1.95 bits per heavy atom. The fraction of sp³-hybridized carbons (Fsp3) is 0.562. The Labute approximate surface area is 124 Å². The monoisotopic (exact) mass is 292 g/mol. The number of amides is 1. The predicted molar refractivity (Wildman–Crippen MR) is 77.8 cm³/mol. The largest absolute Gasteiger partial charge is 0.507 e. The van der Waals surface area contributed by atoms with Crippen LogP contribution in [-0.4, -0.2) is 53.0 Å². The first-order valence-corrected chi connectivity index (χ1v) is 7.67. The first-order valence-electron chi connectivity index (χ1n) is 7.67. The van der Waals surface area contributed by atoms with Gasteiger partial charge in [-0.1, -0.05) is 6.42 Å². The van der Waals surface area contributed by atoms with Crippen molar-refractivity contribution in [3.05, 3.63) is 29.6 Å². The van der Waals surface area contributed by atoms with Crippen LogP contribution in [0.1, 0.15) is 36.0 Å². The molecule has 0 aromatic heterocycles. The highest BCUT2D eigenvalue weighted by Gasteiger charge is 2.32. The highest BCUT2D eigenvalue weighted by atomic mass is 19.1. The fourth-order valence-corrected chi connectivity index (χ4v) is 3.36. The van der Waals surface area contributed by atoms with Crippen LogP contribution in [0.25, 0.3) is 0 Å². The van der Waals surface area contributed by atoms with E-state index in [1.807, 2.05) is 0 Å². The number of phenols is 1. The van der Waals surface area contributed by atoms with Crippen molar-refractivity contribution in [2.24, 2.45) is 0 Å². The summed E-state index contributed by atoms with van der Waals surface area (Å²) in [7, 11) is 0. The SMILES string of the molecule is O=C(c1ccc(F)cc1O)N1CC[C@@H](N2CCCCC2)C1. The lowest BCUT2D eigenvalue weighted by Gasteiger charge is -2.32. The van der Waals surface area contributed by atoms with Gasteiger partial charge >= 0.3 is 0 Å². The Morgan fingerprint density at radius 1 is 1.19 bits per heavy atom. The van der Waals surface area contributed by atoms with Crippen LogP contribution in [0.3, 0.4) is 0 Å². The molecular formula is C16H21FN2O2. The summed E-state index contributed by atoms with van der Waals surface area (Å²) in [5.41, 5.74) is 0.190. The number of hydrogen-bond acceptors (Lipinski definition) is 3. The summed E-state index contributed by atoms with van der Waals surface area (Å²) in [5, 5.41) is 9.74. The van der Waals surface area contributed by atoms with E-state index in [0.717, 1.165) is 25.6 Å². The van der Waals surface area contributed by atoms with Crippen molar-refractivity contribution in [2.45, 2.75) is 31.7 Å². The van der Waals surface area contributed by atoms with Gasteiger partial charge in [-0.25, -0.2) is 4.39 Å². The van der Waals surface area contributed by atoms with E-state index in [1.165, 1.54) is 31.4 Å². The van der Waals surface area contributed by atoms with E-state index in [-0.39, 0.29) is 17.2 Å². The van der Waals surface area contributed by atoms with Gasteiger partial charge in [0.2, 0.25) is 0 Å². The van der Waals surface area contributed by atoms with Gasteiger partial charge in [0.15, 0.2) is 0 Å². The topological polar surface area (TPSA) is 43.8 Å². The van der Waals surface area contributed by atoms with Gasteiger partial charge in [0.25, 0.3) is 5.91 Å². The molecule has 1 atom stereocenters. The van der Waals surface area contributed by atoms with Crippen LogP contribution in [0.4, 0.5) is 4.39 Å². The van der Waals surface area contributed by atoms with E-state index >= 15 is 0 Å². The number of carbonyl (C=O) groups excluding carboxylic acids is 1. The van der Waals surface area contributed by atoms with E-state index in [2.05, 4.69) is 4.90 Å². The average Bonchev–Trinajstić information content (AvgIpc) is 2.97. The van der Waals surface area contributed by atoms with Gasteiger partial charge in [-0.3, -0.25) is 9.69 Å². The third-order valence-electron chi connectivity index (χ3n) is 4.55. The maximum atomic E-state index is 13.0. The molecule has 1 N–H and O–H groups in total. The van der Waals surface area contributed by atoms with Crippen molar-refractivity contribution in [1.82, 2.24) is 9.80 Å². The molecule has 0 unspecified atom stereocenters. The van der Waals surface area contributed by atoms with Crippen molar-refractivity contribution in [3.63, 3.8) is 0 Å². The molecule has 2 heterocycles. The number of aromatic hydroxyl groups is 1. The van der Waals surface area contributed by atoms with Crippen LogP contribution in [0.15, 0.2) is 18.2 Å². The van der Waals surface area contributed by atoms with Crippen molar-refractivity contribution in [1.29, 1.82) is 0 Å². The van der Waals surface area contributed by atoms with Crippen LogP contribution >= 0.6 is 0 Å². The zero-order valence-electron chi connectivity index (χ0n) is 12.1. The normalized spacial score (nSPS) is 23.5. The molecule has 0 radical (unpaired) electrons. The second kappa shape index (κ2) is 6.02. The minimum atomic E-state index is -0.531. The Bertz CT molecular complexity index is 529. The molecule has 21 heavy (non-hydrogen) atoms. The number of nitrogens with zero attached hydrogens (tertiary/aromatic N) is 2. The van der Waals surface area contributed by atoms with Gasteiger partial charge in [0, 0.05) is 25.2 Å². The molecule has 5 heteroatoms. The molecule has 2 aliphatic heterocycles. The lowest BCUT2D eigenvalue weighted by Crippen LogP contribution is -2.41. The molecule has 0 aliphatic carbocycles. The summed E-state index contributed by atoms with van der Waals surface area (Å²) in [6.45, 7) is 3.65. The number of rotatable bonds is 2. The number of halogens is 1. The number of carbonyl (C=O) groups is 1.